The number of halogens is 2. The molecule has 166 valence electrons. The summed E-state index contributed by atoms with van der Waals surface area (Å²) in [7, 11) is 0. The number of hydrogen-bond donors (Lipinski definition) is 1. The Kier molecular flexibility index (Phi) is 6.56. The zero-order valence-corrected chi connectivity index (χ0v) is 17.9. The van der Waals surface area contributed by atoms with Crippen molar-refractivity contribution in [2.24, 2.45) is 0 Å². The van der Waals surface area contributed by atoms with Gasteiger partial charge in [-0.05, 0) is 60.5 Å². The molecule has 1 aliphatic heterocycles. The molecule has 1 fully saturated rings. The van der Waals surface area contributed by atoms with Crippen LogP contribution in [0.4, 0.5) is 14.5 Å². The van der Waals surface area contributed by atoms with E-state index in [1.165, 1.54) is 47.6 Å². The summed E-state index contributed by atoms with van der Waals surface area (Å²) in [6, 6.07) is 16.2. The van der Waals surface area contributed by atoms with Gasteiger partial charge in [0.1, 0.15) is 34.1 Å². The van der Waals surface area contributed by atoms with Crippen molar-refractivity contribution in [3.8, 4) is 6.07 Å². The Hall–Kier alpha value is -3.90. The van der Waals surface area contributed by atoms with E-state index in [-0.39, 0.29) is 29.5 Å². The minimum Gasteiger partial charge on any atom is -0.467 e. The van der Waals surface area contributed by atoms with Crippen LogP contribution in [-0.2, 0) is 22.6 Å². The first-order valence-electron chi connectivity index (χ1n) is 9.92. The highest BCUT2D eigenvalue weighted by molar-refractivity contribution is 8.05. The Morgan fingerprint density at radius 1 is 1.09 bits per heavy atom. The van der Waals surface area contributed by atoms with Crippen molar-refractivity contribution in [2.45, 2.75) is 18.2 Å². The van der Waals surface area contributed by atoms with E-state index < -0.39 is 22.8 Å². The van der Waals surface area contributed by atoms with Crippen molar-refractivity contribution in [2.75, 3.05) is 4.90 Å². The molecule has 2 amide bonds. The fraction of sp³-hybridized carbons (Fsp3) is 0.125. The van der Waals surface area contributed by atoms with Crippen LogP contribution >= 0.6 is 11.8 Å². The van der Waals surface area contributed by atoms with Gasteiger partial charge in [-0.3, -0.25) is 14.5 Å². The van der Waals surface area contributed by atoms with Gasteiger partial charge in [-0.2, -0.15) is 5.26 Å². The Morgan fingerprint density at radius 3 is 2.36 bits per heavy atom. The van der Waals surface area contributed by atoms with Gasteiger partial charge in [0.25, 0.3) is 5.91 Å². The van der Waals surface area contributed by atoms with Crippen LogP contribution in [-0.4, -0.2) is 17.1 Å². The third-order valence-corrected chi connectivity index (χ3v) is 6.19. The predicted octanol–water partition coefficient (Wildman–Crippen LogP) is 4.30. The maximum atomic E-state index is 13.5. The normalized spacial score (nSPS) is 17.1. The first-order chi connectivity index (χ1) is 16.0. The van der Waals surface area contributed by atoms with Crippen molar-refractivity contribution >= 4 is 29.3 Å². The van der Waals surface area contributed by atoms with Crippen molar-refractivity contribution in [1.29, 1.82) is 5.26 Å². The number of carbonyl (C=O) groups excluding carboxylic acids is 2. The topological polar surface area (TPSA) is 86.3 Å². The molecule has 0 saturated carbocycles. The Bertz CT molecular complexity index is 1230. The summed E-state index contributed by atoms with van der Waals surface area (Å²) < 4.78 is 31.9. The molecule has 1 saturated heterocycles. The Labute approximate surface area is 192 Å². The quantitative estimate of drug-likeness (QED) is 0.433. The van der Waals surface area contributed by atoms with E-state index >= 15 is 0 Å². The fourth-order valence-electron chi connectivity index (χ4n) is 3.32. The highest BCUT2D eigenvalue weighted by atomic mass is 32.2. The molecule has 0 spiro atoms. The van der Waals surface area contributed by atoms with Gasteiger partial charge >= 0.3 is 0 Å². The highest BCUT2D eigenvalue weighted by Crippen LogP contribution is 2.42. The molecule has 0 radical (unpaired) electrons. The average Bonchev–Trinajstić information content (AvgIpc) is 3.44. The van der Waals surface area contributed by atoms with Gasteiger partial charge in [0.05, 0.1) is 18.1 Å². The molecule has 0 bridgehead atoms. The molecule has 6 nitrogen and oxygen atoms in total. The zero-order chi connectivity index (χ0) is 23.4. The molecule has 1 unspecified atom stereocenters. The number of carbonyl (C=O) groups is 2. The monoisotopic (exact) mass is 465 g/mol. The van der Waals surface area contributed by atoms with Gasteiger partial charge in [-0.25, -0.2) is 8.78 Å². The number of nitriles is 1. The standard InChI is InChI=1S/C24H17F2N3O3S/c25-16-5-3-15(4-6-16)12-21-23(31)29(18-9-7-17(26)8-10-18)24(33-21)20(13-27)22(30)28-14-19-2-1-11-32-19/h1-11,21H,12,14H2,(H,28,30). The van der Waals surface area contributed by atoms with Crippen molar-refractivity contribution in [3.05, 3.63) is 100 Å². The molecular weight excluding hydrogens is 448 g/mol. The smallest absolute Gasteiger partial charge is 0.265 e. The minimum atomic E-state index is -0.668. The van der Waals surface area contributed by atoms with Crippen LogP contribution < -0.4 is 10.2 Å². The molecule has 1 aromatic heterocycles. The summed E-state index contributed by atoms with van der Waals surface area (Å²) in [6.45, 7) is 0.0679. The lowest BCUT2D eigenvalue weighted by atomic mass is 10.1. The largest absolute Gasteiger partial charge is 0.467 e. The number of hydrogen-bond acceptors (Lipinski definition) is 5. The van der Waals surface area contributed by atoms with Crippen LogP contribution in [0.3, 0.4) is 0 Å². The van der Waals surface area contributed by atoms with Gasteiger partial charge in [-0.15, -0.1) is 0 Å². The SMILES string of the molecule is N#CC(C(=O)NCc1ccco1)=C1SC(Cc2ccc(F)cc2)C(=O)N1c1ccc(F)cc1. The summed E-state index contributed by atoms with van der Waals surface area (Å²) in [6.07, 6.45) is 1.73. The van der Waals surface area contributed by atoms with E-state index in [0.29, 0.717) is 11.4 Å². The Morgan fingerprint density at radius 2 is 1.76 bits per heavy atom. The molecule has 1 aliphatic rings. The maximum Gasteiger partial charge on any atom is 0.265 e. The van der Waals surface area contributed by atoms with Crippen LogP contribution in [0.25, 0.3) is 0 Å². The summed E-state index contributed by atoms with van der Waals surface area (Å²) in [5.41, 5.74) is 0.811. The lowest BCUT2D eigenvalue weighted by Crippen LogP contribution is -2.32. The number of nitrogens with zero attached hydrogens (tertiary/aromatic N) is 2. The number of anilines is 1. The zero-order valence-electron chi connectivity index (χ0n) is 17.1. The number of nitrogens with one attached hydrogen (secondary N) is 1. The molecule has 2 heterocycles. The second-order valence-electron chi connectivity index (χ2n) is 7.14. The van der Waals surface area contributed by atoms with Crippen LogP contribution in [0.1, 0.15) is 11.3 Å². The van der Waals surface area contributed by atoms with Gasteiger partial charge in [-0.1, -0.05) is 23.9 Å². The second kappa shape index (κ2) is 9.71. The fourth-order valence-corrected chi connectivity index (χ4v) is 4.62. The molecule has 1 atom stereocenters. The molecule has 9 heteroatoms. The number of thioether (sulfide) groups is 1. The van der Waals surface area contributed by atoms with Crippen LogP contribution in [0.2, 0.25) is 0 Å². The summed E-state index contributed by atoms with van der Waals surface area (Å²) in [5, 5.41) is 11.9. The van der Waals surface area contributed by atoms with E-state index in [1.54, 1.807) is 24.3 Å². The van der Waals surface area contributed by atoms with Crippen molar-refractivity contribution in [3.63, 3.8) is 0 Å². The Balaban J connectivity index is 1.67. The predicted molar refractivity (Wildman–Crippen MR) is 119 cm³/mol. The van der Waals surface area contributed by atoms with E-state index in [0.717, 1.165) is 17.3 Å². The molecular formula is C24H17F2N3O3S. The number of furan rings is 1. The van der Waals surface area contributed by atoms with E-state index in [1.807, 2.05) is 6.07 Å². The molecule has 0 aliphatic carbocycles. The van der Waals surface area contributed by atoms with E-state index in [9.17, 15) is 23.6 Å². The van der Waals surface area contributed by atoms with Gasteiger partial charge < -0.3 is 9.73 Å². The number of benzene rings is 2. The highest BCUT2D eigenvalue weighted by Gasteiger charge is 2.40. The van der Waals surface area contributed by atoms with Gasteiger partial charge in [0.2, 0.25) is 5.91 Å². The molecule has 2 aromatic carbocycles. The third kappa shape index (κ3) is 4.96. The molecule has 3 aromatic rings. The molecule has 33 heavy (non-hydrogen) atoms. The molecule has 1 N–H and O–H groups in total. The maximum absolute atomic E-state index is 13.5. The summed E-state index contributed by atoms with van der Waals surface area (Å²) in [4.78, 5) is 27.4. The van der Waals surface area contributed by atoms with E-state index in [4.69, 9.17) is 4.42 Å². The van der Waals surface area contributed by atoms with Crippen LogP contribution in [0.5, 0.6) is 0 Å². The molecule has 4 rings (SSSR count). The summed E-state index contributed by atoms with van der Waals surface area (Å²) >= 11 is 1.07. The first-order valence-corrected chi connectivity index (χ1v) is 10.8. The first kappa shape index (κ1) is 22.3. The van der Waals surface area contributed by atoms with Crippen LogP contribution in [0.15, 0.2) is 81.9 Å². The van der Waals surface area contributed by atoms with Crippen LogP contribution in [0, 0.1) is 23.0 Å². The van der Waals surface area contributed by atoms with Gasteiger partial charge in [0, 0.05) is 5.69 Å². The second-order valence-corrected chi connectivity index (χ2v) is 8.33. The number of amides is 2. The lowest BCUT2D eigenvalue weighted by molar-refractivity contribution is -0.117. The van der Waals surface area contributed by atoms with Gasteiger partial charge in [0.15, 0.2) is 0 Å². The van der Waals surface area contributed by atoms with Crippen molar-refractivity contribution < 1.29 is 22.8 Å². The average molecular weight is 465 g/mol. The minimum absolute atomic E-state index is 0.0679. The van der Waals surface area contributed by atoms with E-state index in [2.05, 4.69) is 5.32 Å². The number of rotatable bonds is 6. The summed E-state index contributed by atoms with van der Waals surface area (Å²) in [5.74, 6) is -1.40. The van der Waals surface area contributed by atoms with Crippen molar-refractivity contribution in [1.82, 2.24) is 5.32 Å². The lowest BCUT2D eigenvalue weighted by Gasteiger charge is -2.18. The third-order valence-electron chi connectivity index (χ3n) is 4.93.